The fourth-order valence-corrected chi connectivity index (χ4v) is 2.90. The van der Waals surface area contributed by atoms with Crippen LogP contribution in [-0.2, 0) is 17.9 Å². The third-order valence-corrected chi connectivity index (χ3v) is 4.28. The molecule has 1 heterocycles. The van der Waals surface area contributed by atoms with E-state index in [1.807, 2.05) is 30.3 Å². The molecule has 2 aromatic carbocycles. The zero-order chi connectivity index (χ0) is 18.5. The Hall–Kier alpha value is -3.05. The van der Waals surface area contributed by atoms with Crippen LogP contribution < -0.4 is 10.6 Å². The molecule has 0 bridgehead atoms. The molecule has 3 rings (SSSR count). The maximum atomic E-state index is 12.6. The van der Waals surface area contributed by atoms with Crippen molar-refractivity contribution in [2.75, 3.05) is 0 Å². The molecule has 2 amide bonds. The SMILES string of the molecule is C=CC(=O)NCc1ccccc1C(=O)NCc1c(Cl)oc2ccccc12. The first-order valence-corrected chi connectivity index (χ1v) is 8.40. The van der Waals surface area contributed by atoms with E-state index in [9.17, 15) is 9.59 Å². The minimum atomic E-state index is -0.295. The summed E-state index contributed by atoms with van der Waals surface area (Å²) in [4.78, 5) is 24.0. The Labute approximate surface area is 155 Å². The Morgan fingerprint density at radius 2 is 1.77 bits per heavy atom. The number of furan rings is 1. The zero-order valence-electron chi connectivity index (χ0n) is 13.9. The molecule has 0 radical (unpaired) electrons. The highest BCUT2D eigenvalue weighted by Crippen LogP contribution is 2.29. The fourth-order valence-electron chi connectivity index (χ4n) is 2.65. The molecule has 0 spiro atoms. The Balaban J connectivity index is 1.75. The predicted octanol–water partition coefficient (Wildman–Crippen LogP) is 3.82. The number of rotatable bonds is 6. The molecule has 2 N–H and O–H groups in total. The van der Waals surface area contributed by atoms with Crippen LogP contribution >= 0.6 is 11.6 Å². The van der Waals surface area contributed by atoms with Crippen LogP contribution in [0.5, 0.6) is 0 Å². The summed E-state index contributed by atoms with van der Waals surface area (Å²) in [6.45, 7) is 3.89. The lowest BCUT2D eigenvalue weighted by Crippen LogP contribution is -2.26. The topological polar surface area (TPSA) is 71.3 Å². The summed E-state index contributed by atoms with van der Waals surface area (Å²) < 4.78 is 5.50. The molecule has 0 atom stereocenters. The van der Waals surface area contributed by atoms with Crippen LogP contribution in [0.1, 0.15) is 21.5 Å². The number of hydrogen-bond donors (Lipinski definition) is 2. The molecule has 0 saturated carbocycles. The van der Waals surface area contributed by atoms with Crippen molar-refractivity contribution in [3.63, 3.8) is 0 Å². The summed E-state index contributed by atoms with van der Waals surface area (Å²) in [5.41, 5.74) is 2.60. The van der Waals surface area contributed by atoms with E-state index < -0.39 is 0 Å². The predicted molar refractivity (Wildman–Crippen MR) is 101 cm³/mol. The van der Waals surface area contributed by atoms with Crippen molar-refractivity contribution < 1.29 is 14.0 Å². The molecule has 6 heteroatoms. The van der Waals surface area contributed by atoms with Crippen LogP contribution in [0, 0.1) is 0 Å². The van der Waals surface area contributed by atoms with Gasteiger partial charge in [0.15, 0.2) is 5.22 Å². The van der Waals surface area contributed by atoms with Crippen LogP contribution in [0.4, 0.5) is 0 Å². The Kier molecular flexibility index (Phi) is 5.39. The van der Waals surface area contributed by atoms with Gasteiger partial charge in [0, 0.05) is 29.6 Å². The van der Waals surface area contributed by atoms with E-state index in [1.54, 1.807) is 18.2 Å². The van der Waals surface area contributed by atoms with E-state index in [0.29, 0.717) is 16.7 Å². The number of carbonyl (C=O) groups is 2. The molecular formula is C20H17ClN2O3. The van der Waals surface area contributed by atoms with Crippen LogP contribution in [0.25, 0.3) is 11.0 Å². The third-order valence-electron chi connectivity index (χ3n) is 3.98. The number of fused-ring (bicyclic) bond motifs is 1. The van der Waals surface area contributed by atoms with E-state index >= 15 is 0 Å². The highest BCUT2D eigenvalue weighted by Gasteiger charge is 2.15. The lowest BCUT2D eigenvalue weighted by Gasteiger charge is -2.10. The Morgan fingerprint density at radius 3 is 2.58 bits per heavy atom. The van der Waals surface area contributed by atoms with Gasteiger partial charge in [0.25, 0.3) is 5.91 Å². The first kappa shape index (κ1) is 17.8. The molecule has 26 heavy (non-hydrogen) atoms. The highest BCUT2D eigenvalue weighted by atomic mass is 35.5. The van der Waals surface area contributed by atoms with Crippen LogP contribution in [0.15, 0.2) is 65.6 Å². The Bertz CT molecular complexity index is 978. The maximum absolute atomic E-state index is 12.6. The second-order valence-corrected chi connectivity index (χ2v) is 5.96. The van der Waals surface area contributed by atoms with E-state index in [1.165, 1.54) is 6.08 Å². The van der Waals surface area contributed by atoms with E-state index in [0.717, 1.165) is 10.9 Å². The van der Waals surface area contributed by atoms with Gasteiger partial charge >= 0.3 is 0 Å². The molecule has 0 aliphatic rings. The summed E-state index contributed by atoms with van der Waals surface area (Å²) in [5, 5.41) is 6.66. The number of carbonyl (C=O) groups excluding carboxylic acids is 2. The van der Waals surface area contributed by atoms with E-state index in [4.69, 9.17) is 16.0 Å². The van der Waals surface area contributed by atoms with Crippen LogP contribution in [0.3, 0.4) is 0 Å². The second-order valence-electron chi connectivity index (χ2n) is 5.61. The quantitative estimate of drug-likeness (QED) is 0.650. The number of nitrogens with one attached hydrogen (secondary N) is 2. The van der Waals surface area contributed by atoms with Crippen molar-refractivity contribution >= 4 is 34.4 Å². The lowest BCUT2D eigenvalue weighted by atomic mass is 10.1. The van der Waals surface area contributed by atoms with Crippen molar-refractivity contribution in [3.05, 3.63) is 83.1 Å². The smallest absolute Gasteiger partial charge is 0.251 e. The van der Waals surface area contributed by atoms with Crippen molar-refractivity contribution in [1.82, 2.24) is 10.6 Å². The second kappa shape index (κ2) is 7.89. The molecule has 3 aromatic rings. The molecule has 0 fully saturated rings. The summed E-state index contributed by atoms with van der Waals surface area (Å²) in [6.07, 6.45) is 1.19. The van der Waals surface area contributed by atoms with Crippen molar-refractivity contribution in [3.8, 4) is 0 Å². The molecular weight excluding hydrogens is 352 g/mol. The van der Waals surface area contributed by atoms with Crippen molar-refractivity contribution in [2.24, 2.45) is 0 Å². The molecule has 0 aliphatic carbocycles. The van der Waals surface area contributed by atoms with Gasteiger partial charge in [0.1, 0.15) is 5.58 Å². The minimum absolute atomic E-state index is 0.238. The molecule has 0 unspecified atom stereocenters. The third kappa shape index (κ3) is 3.78. The monoisotopic (exact) mass is 368 g/mol. The van der Waals surface area contributed by atoms with Gasteiger partial charge in [-0.25, -0.2) is 0 Å². The standard InChI is InChI=1S/C20H17ClN2O3/c1-2-18(24)22-11-13-7-3-4-8-14(13)20(25)23-12-16-15-9-5-6-10-17(15)26-19(16)21/h2-10H,1,11-12H2,(H,22,24)(H,23,25). The normalized spacial score (nSPS) is 10.5. The average Bonchev–Trinajstić information content (AvgIpc) is 2.99. The fraction of sp³-hybridized carbons (Fsp3) is 0.100. The first-order valence-electron chi connectivity index (χ1n) is 8.02. The van der Waals surface area contributed by atoms with E-state index in [2.05, 4.69) is 17.2 Å². The summed E-state index contributed by atoms with van der Waals surface area (Å²) in [5.74, 6) is -0.549. The summed E-state index contributed by atoms with van der Waals surface area (Å²) in [7, 11) is 0. The van der Waals surface area contributed by atoms with Gasteiger partial charge in [-0.15, -0.1) is 0 Å². The minimum Gasteiger partial charge on any atom is -0.444 e. The van der Waals surface area contributed by atoms with Gasteiger partial charge < -0.3 is 15.1 Å². The van der Waals surface area contributed by atoms with Gasteiger partial charge in [-0.3, -0.25) is 9.59 Å². The number of benzene rings is 2. The zero-order valence-corrected chi connectivity index (χ0v) is 14.7. The first-order chi connectivity index (χ1) is 12.6. The van der Waals surface area contributed by atoms with Gasteiger partial charge in [0.05, 0.1) is 0 Å². The highest BCUT2D eigenvalue weighted by molar-refractivity contribution is 6.30. The summed E-state index contributed by atoms with van der Waals surface area (Å²) in [6, 6.07) is 14.5. The Morgan fingerprint density at radius 1 is 1.04 bits per heavy atom. The van der Waals surface area contributed by atoms with Gasteiger partial charge in [0.2, 0.25) is 5.91 Å². The van der Waals surface area contributed by atoms with E-state index in [-0.39, 0.29) is 30.1 Å². The molecule has 0 saturated heterocycles. The maximum Gasteiger partial charge on any atom is 0.251 e. The molecule has 1 aromatic heterocycles. The number of amides is 2. The van der Waals surface area contributed by atoms with Gasteiger partial charge in [-0.05, 0) is 35.4 Å². The summed E-state index contributed by atoms with van der Waals surface area (Å²) >= 11 is 6.15. The number of halogens is 1. The lowest BCUT2D eigenvalue weighted by molar-refractivity contribution is -0.116. The number of para-hydroxylation sites is 1. The van der Waals surface area contributed by atoms with Gasteiger partial charge in [-0.1, -0.05) is 43.0 Å². The van der Waals surface area contributed by atoms with Crippen LogP contribution in [0.2, 0.25) is 5.22 Å². The van der Waals surface area contributed by atoms with Crippen molar-refractivity contribution in [1.29, 1.82) is 0 Å². The molecule has 5 nitrogen and oxygen atoms in total. The van der Waals surface area contributed by atoms with Gasteiger partial charge in [-0.2, -0.15) is 0 Å². The van der Waals surface area contributed by atoms with Crippen molar-refractivity contribution in [2.45, 2.75) is 13.1 Å². The van der Waals surface area contributed by atoms with Crippen LogP contribution in [-0.4, -0.2) is 11.8 Å². The number of hydrogen-bond acceptors (Lipinski definition) is 3. The molecule has 132 valence electrons. The average molecular weight is 369 g/mol. The molecule has 0 aliphatic heterocycles. The largest absolute Gasteiger partial charge is 0.444 e.